The summed E-state index contributed by atoms with van der Waals surface area (Å²) in [6.07, 6.45) is 5.06. The molecule has 10 heteroatoms. The van der Waals surface area contributed by atoms with Crippen molar-refractivity contribution in [2.24, 2.45) is 11.3 Å². The third kappa shape index (κ3) is 8.02. The van der Waals surface area contributed by atoms with Crippen LogP contribution in [-0.2, 0) is 25.7 Å². The molecule has 4 N–H and O–H groups in total. The summed E-state index contributed by atoms with van der Waals surface area (Å²) in [5.41, 5.74) is 0.181. The maximum atomic E-state index is 14.3. The Balaban J connectivity index is 1.50. The highest BCUT2D eigenvalue weighted by atomic mass is 16.5. The van der Waals surface area contributed by atoms with E-state index >= 15 is 0 Å². The van der Waals surface area contributed by atoms with Gasteiger partial charge in [-0.05, 0) is 55.4 Å². The predicted octanol–water partition coefficient (Wildman–Crippen LogP) is 3.41. The van der Waals surface area contributed by atoms with Gasteiger partial charge in [-0.3, -0.25) is 14.4 Å². The summed E-state index contributed by atoms with van der Waals surface area (Å²) in [4.78, 5) is 55.3. The minimum absolute atomic E-state index is 0.0760. The number of alkyl carbamates (subject to hydrolysis) is 1. The maximum Gasteiger partial charge on any atom is 0.408 e. The summed E-state index contributed by atoms with van der Waals surface area (Å²) in [6.45, 7) is 7.64. The molecule has 3 fully saturated rings. The summed E-state index contributed by atoms with van der Waals surface area (Å²) >= 11 is 0. The molecule has 10 nitrogen and oxygen atoms in total. The van der Waals surface area contributed by atoms with E-state index in [2.05, 4.69) is 16.0 Å². The van der Waals surface area contributed by atoms with Crippen LogP contribution < -0.4 is 16.0 Å². The standard InChI is InChI=1S/C32H48N4O6/c1-5-11-23(26(37)29(39)33-22-16-17-22)34-28(38)25-18-21-14-9-10-15-24(21)36(25)30(40)27(32(2,3)4)35-31(41)42-19-20-12-7-6-8-13-20/h6-8,12-13,21-27,37H,5,9-11,14-19H2,1-4H3,(H,33,39)(H,34,38)(H,35,41)/t21-,23-,24-,25-,26?,27?/m0/s1. The topological polar surface area (TPSA) is 137 Å². The van der Waals surface area contributed by atoms with Crippen molar-refractivity contribution >= 4 is 23.8 Å². The molecular formula is C32H48N4O6. The lowest BCUT2D eigenvalue weighted by Crippen LogP contribution is -2.61. The molecule has 2 unspecified atom stereocenters. The first-order chi connectivity index (χ1) is 20.0. The van der Waals surface area contributed by atoms with Crippen LogP contribution in [0.3, 0.4) is 0 Å². The van der Waals surface area contributed by atoms with Crippen molar-refractivity contribution in [1.82, 2.24) is 20.9 Å². The Hall–Kier alpha value is -3.14. The van der Waals surface area contributed by atoms with Gasteiger partial charge in [-0.25, -0.2) is 4.79 Å². The van der Waals surface area contributed by atoms with Crippen LogP contribution in [0.15, 0.2) is 30.3 Å². The zero-order valence-electron chi connectivity index (χ0n) is 25.4. The molecule has 0 bridgehead atoms. The van der Waals surface area contributed by atoms with Crippen LogP contribution in [0.1, 0.15) is 91.0 Å². The molecule has 1 aliphatic heterocycles. The second kappa shape index (κ2) is 13.9. The molecule has 0 aromatic heterocycles. The van der Waals surface area contributed by atoms with Crippen molar-refractivity contribution in [3.63, 3.8) is 0 Å². The average molecular weight is 585 g/mol. The average Bonchev–Trinajstić information content (AvgIpc) is 3.69. The monoisotopic (exact) mass is 584 g/mol. The van der Waals surface area contributed by atoms with Crippen LogP contribution in [0.5, 0.6) is 0 Å². The first-order valence-corrected chi connectivity index (χ1v) is 15.6. The quantitative estimate of drug-likeness (QED) is 0.315. The number of rotatable bonds is 11. The minimum Gasteiger partial charge on any atom is -0.445 e. The number of aliphatic hydroxyl groups is 1. The van der Waals surface area contributed by atoms with Crippen molar-refractivity contribution in [3.05, 3.63) is 35.9 Å². The molecule has 0 spiro atoms. The number of ether oxygens (including phenoxy) is 1. The van der Waals surface area contributed by atoms with Crippen molar-refractivity contribution in [3.8, 4) is 0 Å². The summed E-state index contributed by atoms with van der Waals surface area (Å²) in [6, 6.07) is 6.87. The number of fused-ring (bicyclic) bond motifs is 1. The number of nitrogens with one attached hydrogen (secondary N) is 3. The van der Waals surface area contributed by atoms with Crippen molar-refractivity contribution < 1.29 is 29.0 Å². The Morgan fingerprint density at radius 1 is 1.02 bits per heavy atom. The number of carbonyl (C=O) groups excluding carboxylic acids is 4. The van der Waals surface area contributed by atoms with E-state index in [4.69, 9.17) is 4.74 Å². The van der Waals surface area contributed by atoms with Gasteiger partial charge in [0.15, 0.2) is 6.10 Å². The highest BCUT2D eigenvalue weighted by Gasteiger charge is 2.51. The largest absolute Gasteiger partial charge is 0.445 e. The number of carbonyl (C=O) groups is 4. The van der Waals surface area contributed by atoms with Crippen molar-refractivity contribution in [1.29, 1.82) is 0 Å². The van der Waals surface area contributed by atoms with Gasteiger partial charge in [0.1, 0.15) is 18.7 Å². The van der Waals surface area contributed by atoms with Crippen molar-refractivity contribution in [2.45, 2.75) is 128 Å². The molecule has 1 aromatic rings. The smallest absolute Gasteiger partial charge is 0.408 e. The van der Waals surface area contributed by atoms with Gasteiger partial charge in [-0.15, -0.1) is 0 Å². The van der Waals surface area contributed by atoms with Gasteiger partial charge >= 0.3 is 6.09 Å². The number of hydrogen-bond acceptors (Lipinski definition) is 6. The Kier molecular flexibility index (Phi) is 10.5. The molecule has 4 amide bonds. The fourth-order valence-electron chi connectivity index (χ4n) is 6.29. The molecule has 6 atom stereocenters. The number of benzene rings is 1. The molecule has 2 aliphatic carbocycles. The molecule has 4 rings (SSSR count). The number of aliphatic hydroxyl groups excluding tert-OH is 1. The second-order valence-corrected chi connectivity index (χ2v) is 13.2. The normalized spacial score (nSPS) is 24.1. The highest BCUT2D eigenvalue weighted by Crippen LogP contribution is 2.41. The van der Waals surface area contributed by atoms with Gasteiger partial charge in [0.2, 0.25) is 11.8 Å². The van der Waals surface area contributed by atoms with Crippen LogP contribution in [0, 0.1) is 11.3 Å². The number of amides is 4. The zero-order chi connectivity index (χ0) is 30.4. The van der Waals surface area contributed by atoms with Crippen LogP contribution in [0.25, 0.3) is 0 Å². The van der Waals surface area contributed by atoms with Crippen LogP contribution >= 0.6 is 0 Å². The molecule has 1 aromatic carbocycles. The second-order valence-electron chi connectivity index (χ2n) is 13.2. The molecule has 1 heterocycles. The van der Waals surface area contributed by atoms with E-state index in [1.807, 2.05) is 58.0 Å². The third-order valence-corrected chi connectivity index (χ3v) is 8.73. The molecule has 3 aliphatic rings. The van der Waals surface area contributed by atoms with Gasteiger partial charge in [0, 0.05) is 12.1 Å². The molecule has 42 heavy (non-hydrogen) atoms. The Labute approximate surface area is 249 Å². The van der Waals surface area contributed by atoms with E-state index in [1.54, 1.807) is 4.90 Å². The fourth-order valence-corrected chi connectivity index (χ4v) is 6.29. The number of hydrogen-bond donors (Lipinski definition) is 4. The SMILES string of the molecule is CCC[C@H](NC(=O)[C@@H]1C[C@@H]2CCCC[C@@H]2N1C(=O)C(NC(=O)OCc1ccccc1)C(C)(C)C)C(O)C(=O)NC1CC1. The fraction of sp³-hybridized carbons (Fsp3) is 0.688. The third-order valence-electron chi connectivity index (χ3n) is 8.73. The van der Waals surface area contributed by atoms with E-state index in [0.29, 0.717) is 19.3 Å². The van der Waals surface area contributed by atoms with E-state index in [-0.39, 0.29) is 36.4 Å². The Morgan fingerprint density at radius 3 is 2.36 bits per heavy atom. The Bertz CT molecular complexity index is 1100. The molecule has 0 radical (unpaired) electrons. The van der Waals surface area contributed by atoms with E-state index in [0.717, 1.165) is 44.1 Å². The zero-order valence-corrected chi connectivity index (χ0v) is 25.4. The summed E-state index contributed by atoms with van der Waals surface area (Å²) in [5, 5.41) is 19.4. The van der Waals surface area contributed by atoms with Gasteiger partial charge in [-0.1, -0.05) is 77.3 Å². The lowest BCUT2D eigenvalue weighted by molar-refractivity contribution is -0.145. The summed E-state index contributed by atoms with van der Waals surface area (Å²) < 4.78 is 5.44. The van der Waals surface area contributed by atoms with E-state index < -0.39 is 41.6 Å². The first kappa shape index (κ1) is 31.8. The van der Waals surface area contributed by atoms with Crippen LogP contribution in [0.2, 0.25) is 0 Å². The van der Waals surface area contributed by atoms with Crippen LogP contribution in [0.4, 0.5) is 4.79 Å². The highest BCUT2D eigenvalue weighted by molar-refractivity contribution is 5.93. The van der Waals surface area contributed by atoms with Gasteiger partial charge in [-0.2, -0.15) is 0 Å². The first-order valence-electron chi connectivity index (χ1n) is 15.6. The summed E-state index contributed by atoms with van der Waals surface area (Å²) in [5.74, 6) is -0.978. The van der Waals surface area contributed by atoms with Crippen LogP contribution in [-0.4, -0.2) is 70.1 Å². The lowest BCUT2D eigenvalue weighted by Gasteiger charge is -2.39. The minimum atomic E-state index is -1.37. The lowest BCUT2D eigenvalue weighted by atomic mass is 9.83. The number of likely N-dealkylation sites (tertiary alicyclic amines) is 1. The number of nitrogens with zero attached hydrogens (tertiary/aromatic N) is 1. The predicted molar refractivity (Wildman–Crippen MR) is 158 cm³/mol. The van der Waals surface area contributed by atoms with E-state index in [1.165, 1.54) is 0 Å². The molecule has 1 saturated heterocycles. The van der Waals surface area contributed by atoms with Gasteiger partial charge in [0.05, 0.1) is 6.04 Å². The van der Waals surface area contributed by atoms with Gasteiger partial charge < -0.3 is 30.7 Å². The van der Waals surface area contributed by atoms with Gasteiger partial charge in [0.25, 0.3) is 5.91 Å². The van der Waals surface area contributed by atoms with Crippen molar-refractivity contribution in [2.75, 3.05) is 0 Å². The van der Waals surface area contributed by atoms with E-state index in [9.17, 15) is 24.3 Å². The maximum absolute atomic E-state index is 14.3. The molecule has 2 saturated carbocycles. The molecule has 232 valence electrons. The summed E-state index contributed by atoms with van der Waals surface area (Å²) in [7, 11) is 0. The Morgan fingerprint density at radius 2 is 1.71 bits per heavy atom. The molecular weight excluding hydrogens is 536 g/mol.